The van der Waals surface area contributed by atoms with Crippen LogP contribution in [0.4, 0.5) is 5.69 Å². The van der Waals surface area contributed by atoms with E-state index in [1.54, 1.807) is 36.4 Å². The molecule has 36 heavy (non-hydrogen) atoms. The number of hydrogen-bond acceptors (Lipinski definition) is 5. The predicted molar refractivity (Wildman–Crippen MR) is 140 cm³/mol. The van der Waals surface area contributed by atoms with Crippen molar-refractivity contribution in [1.82, 2.24) is 9.62 Å². The molecular weight excluding hydrogens is 525 g/mol. The monoisotopic (exact) mass is 553 g/mol. The minimum absolute atomic E-state index is 0.0212. The minimum atomic E-state index is -3.60. The average Bonchev–Trinajstić information content (AvgIpc) is 3.38. The second kappa shape index (κ2) is 11.9. The van der Waals surface area contributed by atoms with E-state index in [0.29, 0.717) is 52.9 Å². The largest absolute Gasteiger partial charge is 0.376 e. The first-order chi connectivity index (χ1) is 17.2. The van der Waals surface area contributed by atoms with Gasteiger partial charge in [-0.05, 0) is 55.5 Å². The molecule has 0 bridgehead atoms. The summed E-state index contributed by atoms with van der Waals surface area (Å²) in [6.45, 7) is 1.60. The molecule has 2 saturated heterocycles. The van der Waals surface area contributed by atoms with Gasteiger partial charge in [-0.15, -0.1) is 0 Å². The predicted octanol–water partition coefficient (Wildman–Crippen LogP) is 4.08. The molecule has 0 aliphatic carbocycles. The number of hydrogen-bond donors (Lipinski definition) is 2. The Morgan fingerprint density at radius 3 is 2.50 bits per heavy atom. The summed E-state index contributed by atoms with van der Waals surface area (Å²) >= 11 is 12.0. The van der Waals surface area contributed by atoms with Gasteiger partial charge in [-0.3, -0.25) is 9.59 Å². The van der Waals surface area contributed by atoms with E-state index in [-0.39, 0.29) is 42.7 Å². The maximum absolute atomic E-state index is 13.0. The number of benzene rings is 2. The van der Waals surface area contributed by atoms with E-state index in [1.807, 2.05) is 0 Å². The SMILES string of the molecule is O=C(NC[C@H]1CCCO1)c1ccccc1NC(=O)C1CCN(S(=O)(=O)Cc2ccc(Cl)cc2Cl)CC1. The van der Waals surface area contributed by atoms with E-state index >= 15 is 0 Å². The molecular formula is C25H29Cl2N3O5S. The number of ether oxygens (including phenoxy) is 1. The third-order valence-corrected chi connectivity index (χ3v) is 8.93. The summed E-state index contributed by atoms with van der Waals surface area (Å²) in [4.78, 5) is 25.7. The highest BCUT2D eigenvalue weighted by atomic mass is 35.5. The topological polar surface area (TPSA) is 105 Å². The van der Waals surface area contributed by atoms with Crippen LogP contribution in [0.3, 0.4) is 0 Å². The number of amides is 2. The van der Waals surface area contributed by atoms with Crippen LogP contribution in [0.15, 0.2) is 42.5 Å². The molecule has 2 amide bonds. The van der Waals surface area contributed by atoms with Gasteiger partial charge in [0.05, 0.1) is 23.1 Å². The Morgan fingerprint density at radius 1 is 1.06 bits per heavy atom. The number of nitrogens with one attached hydrogen (secondary N) is 2. The lowest BCUT2D eigenvalue weighted by molar-refractivity contribution is -0.120. The van der Waals surface area contributed by atoms with Gasteiger partial charge >= 0.3 is 0 Å². The number of carbonyl (C=O) groups is 2. The zero-order valence-electron chi connectivity index (χ0n) is 19.7. The first kappa shape index (κ1) is 26.9. The normalized spacial score (nSPS) is 19.2. The number of rotatable bonds is 8. The van der Waals surface area contributed by atoms with Crippen LogP contribution in [0.25, 0.3) is 0 Å². The number of sulfonamides is 1. The molecule has 0 spiro atoms. The van der Waals surface area contributed by atoms with Crippen molar-refractivity contribution in [2.75, 3.05) is 31.6 Å². The van der Waals surface area contributed by atoms with Crippen LogP contribution in [0, 0.1) is 5.92 Å². The summed E-state index contributed by atoms with van der Waals surface area (Å²) in [5, 5.41) is 6.49. The van der Waals surface area contributed by atoms with Crippen molar-refractivity contribution >= 4 is 50.7 Å². The summed E-state index contributed by atoms with van der Waals surface area (Å²) in [5.41, 5.74) is 1.29. The number of nitrogens with zero attached hydrogens (tertiary/aromatic N) is 1. The van der Waals surface area contributed by atoms with Crippen LogP contribution in [0.5, 0.6) is 0 Å². The highest BCUT2D eigenvalue weighted by Crippen LogP contribution is 2.27. The van der Waals surface area contributed by atoms with E-state index in [2.05, 4.69) is 10.6 Å². The Hall–Kier alpha value is -2.17. The van der Waals surface area contributed by atoms with Crippen LogP contribution in [0.1, 0.15) is 41.6 Å². The molecule has 2 N–H and O–H groups in total. The van der Waals surface area contributed by atoms with Gasteiger partial charge in [0.15, 0.2) is 0 Å². The summed E-state index contributed by atoms with van der Waals surface area (Å²) in [6.07, 6.45) is 2.69. The molecule has 0 radical (unpaired) electrons. The van der Waals surface area contributed by atoms with E-state index in [0.717, 1.165) is 12.8 Å². The number of para-hydroxylation sites is 1. The van der Waals surface area contributed by atoms with Crippen LogP contribution in [0.2, 0.25) is 10.0 Å². The minimum Gasteiger partial charge on any atom is -0.376 e. The molecule has 0 aromatic heterocycles. The fourth-order valence-electron chi connectivity index (χ4n) is 4.45. The lowest BCUT2D eigenvalue weighted by Gasteiger charge is -2.30. The number of anilines is 1. The Bertz CT molecular complexity index is 1210. The smallest absolute Gasteiger partial charge is 0.253 e. The Morgan fingerprint density at radius 2 is 1.81 bits per heavy atom. The molecule has 0 unspecified atom stereocenters. The van der Waals surface area contributed by atoms with Crippen molar-refractivity contribution in [2.24, 2.45) is 5.92 Å². The standard InChI is InChI=1S/C25H29Cl2N3O5S/c26-19-8-7-18(22(27)14-19)16-36(33,34)30-11-9-17(10-12-30)24(31)29-23-6-2-1-5-21(23)25(32)28-15-20-4-3-13-35-20/h1-2,5-8,14,17,20H,3-4,9-13,15-16H2,(H,28,32)(H,29,31)/t20-/m1/s1. The van der Waals surface area contributed by atoms with Crippen molar-refractivity contribution in [3.63, 3.8) is 0 Å². The van der Waals surface area contributed by atoms with Crippen molar-refractivity contribution < 1.29 is 22.7 Å². The Balaban J connectivity index is 1.32. The first-order valence-electron chi connectivity index (χ1n) is 11.9. The van der Waals surface area contributed by atoms with E-state index in [1.165, 1.54) is 10.4 Å². The van der Waals surface area contributed by atoms with Gasteiger partial charge in [0.1, 0.15) is 0 Å². The average molecular weight is 554 g/mol. The third-order valence-electron chi connectivity index (χ3n) is 6.51. The second-order valence-corrected chi connectivity index (χ2v) is 11.9. The third kappa shape index (κ3) is 6.77. The van der Waals surface area contributed by atoms with Gasteiger partial charge < -0.3 is 15.4 Å². The Labute approximate surface area is 221 Å². The van der Waals surface area contributed by atoms with E-state index < -0.39 is 10.0 Å². The molecule has 11 heteroatoms. The van der Waals surface area contributed by atoms with Gasteiger partial charge in [0, 0.05) is 42.2 Å². The van der Waals surface area contributed by atoms with Crippen molar-refractivity contribution in [3.05, 3.63) is 63.6 Å². The van der Waals surface area contributed by atoms with Crippen molar-refractivity contribution in [2.45, 2.75) is 37.5 Å². The molecule has 2 aromatic carbocycles. The number of piperidine rings is 1. The highest BCUT2D eigenvalue weighted by Gasteiger charge is 2.32. The molecule has 194 valence electrons. The number of halogens is 2. The fraction of sp³-hybridized carbons (Fsp3) is 0.440. The second-order valence-electron chi connectivity index (χ2n) is 9.05. The quantitative estimate of drug-likeness (QED) is 0.512. The summed E-state index contributed by atoms with van der Waals surface area (Å²) < 4.78 is 32.8. The van der Waals surface area contributed by atoms with Gasteiger partial charge in [-0.2, -0.15) is 0 Å². The van der Waals surface area contributed by atoms with Gasteiger partial charge in [-0.1, -0.05) is 41.4 Å². The molecule has 1 atom stereocenters. The van der Waals surface area contributed by atoms with Gasteiger partial charge in [-0.25, -0.2) is 12.7 Å². The molecule has 2 aromatic rings. The molecule has 0 saturated carbocycles. The van der Waals surface area contributed by atoms with Crippen LogP contribution in [-0.4, -0.2) is 56.9 Å². The van der Waals surface area contributed by atoms with E-state index in [4.69, 9.17) is 27.9 Å². The first-order valence-corrected chi connectivity index (χ1v) is 14.3. The lowest BCUT2D eigenvalue weighted by Crippen LogP contribution is -2.42. The molecule has 2 aliphatic rings. The summed E-state index contributed by atoms with van der Waals surface area (Å²) in [7, 11) is -3.60. The van der Waals surface area contributed by atoms with Gasteiger partial charge in [0.2, 0.25) is 15.9 Å². The van der Waals surface area contributed by atoms with E-state index in [9.17, 15) is 18.0 Å². The molecule has 2 aliphatic heterocycles. The zero-order chi connectivity index (χ0) is 25.7. The Kier molecular flexibility index (Phi) is 8.90. The highest BCUT2D eigenvalue weighted by molar-refractivity contribution is 7.88. The van der Waals surface area contributed by atoms with Gasteiger partial charge in [0.25, 0.3) is 5.91 Å². The zero-order valence-corrected chi connectivity index (χ0v) is 22.0. The summed E-state index contributed by atoms with van der Waals surface area (Å²) in [6, 6.07) is 11.6. The number of carbonyl (C=O) groups excluding carboxylic acids is 2. The lowest BCUT2D eigenvalue weighted by atomic mass is 9.97. The van der Waals surface area contributed by atoms with Crippen molar-refractivity contribution in [3.8, 4) is 0 Å². The maximum Gasteiger partial charge on any atom is 0.253 e. The molecule has 2 heterocycles. The van der Waals surface area contributed by atoms with Crippen molar-refractivity contribution in [1.29, 1.82) is 0 Å². The van der Waals surface area contributed by atoms with Crippen LogP contribution < -0.4 is 10.6 Å². The molecule has 2 fully saturated rings. The molecule has 4 rings (SSSR count). The van der Waals surface area contributed by atoms with Crippen LogP contribution in [-0.2, 0) is 25.3 Å². The van der Waals surface area contributed by atoms with Crippen LogP contribution >= 0.6 is 23.2 Å². The summed E-state index contributed by atoms with van der Waals surface area (Å²) in [5.74, 6) is -1.09. The maximum atomic E-state index is 13.0. The fourth-order valence-corrected chi connectivity index (χ4v) is 6.60. The molecule has 8 nitrogen and oxygen atoms in total.